The van der Waals surface area contributed by atoms with Crippen molar-refractivity contribution in [2.75, 3.05) is 0 Å². The smallest absolute Gasteiger partial charge is 0.403 e. The molecule has 6 heteroatoms. The van der Waals surface area contributed by atoms with Gasteiger partial charge in [0.05, 0.1) is 0 Å². The lowest BCUT2D eigenvalue weighted by molar-refractivity contribution is -0.275. The fourth-order valence-electron chi connectivity index (χ4n) is 3.49. The van der Waals surface area contributed by atoms with Crippen LogP contribution < -0.4 is 4.74 Å². The molecule has 0 saturated heterocycles. The zero-order valence-corrected chi connectivity index (χ0v) is 15.5. The second-order valence-electron chi connectivity index (χ2n) is 6.93. The Labute approximate surface area is 160 Å². The van der Waals surface area contributed by atoms with Gasteiger partial charge in [0.25, 0.3) is 0 Å². The number of alkyl halides is 3. The van der Waals surface area contributed by atoms with Crippen LogP contribution >= 0.6 is 0 Å². The summed E-state index contributed by atoms with van der Waals surface area (Å²) in [5, 5.41) is 0. The fourth-order valence-corrected chi connectivity index (χ4v) is 3.49. The number of unbranched alkanes of at least 4 members (excludes halogenated alkanes) is 2. The van der Waals surface area contributed by atoms with Gasteiger partial charge in [-0.05, 0) is 60.1 Å². The normalized spacial score (nSPS) is 13.9. The third-order valence-corrected chi connectivity index (χ3v) is 4.89. The zero-order valence-electron chi connectivity index (χ0n) is 15.5. The van der Waals surface area contributed by atoms with Crippen molar-refractivity contribution in [2.24, 2.45) is 0 Å². The summed E-state index contributed by atoms with van der Waals surface area (Å²) in [5.41, 5.74) is 2.68. The van der Waals surface area contributed by atoms with Gasteiger partial charge in [0.2, 0.25) is 0 Å². The summed E-state index contributed by atoms with van der Waals surface area (Å²) in [5.74, 6) is -2.19. The van der Waals surface area contributed by atoms with E-state index in [2.05, 4.69) is 11.7 Å². The molecule has 0 N–H and O–H groups in total. The van der Waals surface area contributed by atoms with E-state index in [1.807, 2.05) is 6.07 Å². The molecule has 1 nitrogen and oxygen atoms in total. The number of ether oxygens (including phenoxy) is 1. The number of allylic oxidation sites excluding steroid dienone is 1. The van der Waals surface area contributed by atoms with Gasteiger partial charge in [-0.2, -0.15) is 0 Å². The topological polar surface area (TPSA) is 9.23 Å². The molecule has 0 bridgehead atoms. The van der Waals surface area contributed by atoms with E-state index in [-0.39, 0.29) is 17.8 Å². The van der Waals surface area contributed by atoms with Crippen LogP contribution in [0, 0.1) is 11.6 Å². The predicted octanol–water partition coefficient (Wildman–Crippen LogP) is 7.08. The lowest BCUT2D eigenvalue weighted by Crippen LogP contribution is -2.18. The Hall–Kier alpha value is -2.37. The Morgan fingerprint density at radius 1 is 1.00 bits per heavy atom. The van der Waals surface area contributed by atoms with Gasteiger partial charge < -0.3 is 4.74 Å². The quantitative estimate of drug-likeness (QED) is 0.374. The maximum Gasteiger partial charge on any atom is 0.573 e. The Kier molecular flexibility index (Phi) is 6.06. The molecule has 3 rings (SSSR count). The first kappa shape index (κ1) is 20.4. The van der Waals surface area contributed by atoms with E-state index >= 15 is 0 Å². The van der Waals surface area contributed by atoms with Crippen LogP contribution in [0.25, 0.3) is 11.6 Å². The molecule has 0 aliphatic heterocycles. The maximum absolute atomic E-state index is 14.6. The van der Waals surface area contributed by atoms with Gasteiger partial charge in [0.1, 0.15) is 5.82 Å². The monoisotopic (exact) mass is 396 g/mol. The van der Waals surface area contributed by atoms with Crippen LogP contribution in [0.15, 0.2) is 30.3 Å². The average Bonchev–Trinajstić information content (AvgIpc) is 2.63. The van der Waals surface area contributed by atoms with Gasteiger partial charge in [0, 0.05) is 5.56 Å². The van der Waals surface area contributed by atoms with Crippen LogP contribution in [0.4, 0.5) is 22.0 Å². The van der Waals surface area contributed by atoms with Gasteiger partial charge in [-0.15, -0.1) is 13.2 Å². The van der Waals surface area contributed by atoms with Crippen molar-refractivity contribution in [1.82, 2.24) is 0 Å². The van der Waals surface area contributed by atoms with Crippen molar-refractivity contribution < 1.29 is 26.7 Å². The molecule has 1 aliphatic rings. The first-order chi connectivity index (χ1) is 13.3. The average molecular weight is 396 g/mol. The highest BCUT2D eigenvalue weighted by Gasteiger charge is 2.33. The third kappa shape index (κ3) is 4.72. The number of halogens is 5. The third-order valence-electron chi connectivity index (χ3n) is 4.89. The highest BCUT2D eigenvalue weighted by atomic mass is 19.4. The number of hydrogen-bond acceptors (Lipinski definition) is 1. The standard InChI is InChI=1S/C22H21F5O/c1-2-3-4-5-14-6-9-17(19(23)12-14)15-7-10-18-16(13-15)8-11-20(21(18)24)28-22(25,26)27/h6,8-9,11-13H,2-5,7,10H2,1H3. The number of hydrogen-bond donors (Lipinski definition) is 0. The van der Waals surface area contributed by atoms with Crippen LogP contribution in [0.3, 0.4) is 0 Å². The second kappa shape index (κ2) is 8.33. The van der Waals surface area contributed by atoms with E-state index in [0.717, 1.165) is 37.3 Å². The molecule has 150 valence electrons. The van der Waals surface area contributed by atoms with E-state index in [9.17, 15) is 22.0 Å². The predicted molar refractivity (Wildman–Crippen MR) is 98.9 cm³/mol. The second-order valence-corrected chi connectivity index (χ2v) is 6.93. The van der Waals surface area contributed by atoms with Crippen LogP contribution in [0.1, 0.15) is 54.9 Å². The van der Waals surface area contributed by atoms with Gasteiger partial charge in [0.15, 0.2) is 11.6 Å². The van der Waals surface area contributed by atoms with E-state index < -0.39 is 17.9 Å². The minimum absolute atomic E-state index is 0.155. The van der Waals surface area contributed by atoms with Crippen molar-refractivity contribution in [2.45, 2.75) is 51.8 Å². The summed E-state index contributed by atoms with van der Waals surface area (Å²) < 4.78 is 69.8. The number of rotatable bonds is 6. The van der Waals surface area contributed by atoms with E-state index in [0.29, 0.717) is 23.1 Å². The maximum atomic E-state index is 14.6. The molecule has 0 aromatic heterocycles. The Morgan fingerprint density at radius 3 is 2.46 bits per heavy atom. The van der Waals surface area contributed by atoms with Crippen LogP contribution in [-0.4, -0.2) is 6.36 Å². The molecule has 0 radical (unpaired) electrons. The van der Waals surface area contributed by atoms with Gasteiger partial charge in [-0.1, -0.05) is 44.0 Å². The van der Waals surface area contributed by atoms with Gasteiger partial charge in [-0.25, -0.2) is 8.78 Å². The summed E-state index contributed by atoms with van der Waals surface area (Å²) >= 11 is 0. The summed E-state index contributed by atoms with van der Waals surface area (Å²) in [6.07, 6.45) is 1.22. The molecule has 2 aromatic rings. The minimum Gasteiger partial charge on any atom is -0.403 e. The molecule has 0 amide bonds. The molecule has 1 aliphatic carbocycles. The van der Waals surface area contributed by atoms with Crippen molar-refractivity contribution in [3.05, 3.63) is 64.2 Å². The Balaban J connectivity index is 1.85. The highest BCUT2D eigenvalue weighted by molar-refractivity contribution is 5.85. The molecule has 0 heterocycles. The zero-order chi connectivity index (χ0) is 20.3. The number of aryl methyl sites for hydroxylation is 1. The first-order valence-corrected chi connectivity index (χ1v) is 9.35. The number of fused-ring (bicyclic) bond motifs is 1. The molecular weight excluding hydrogens is 375 g/mol. The summed E-state index contributed by atoms with van der Waals surface area (Å²) in [4.78, 5) is 0. The minimum atomic E-state index is -4.95. The van der Waals surface area contributed by atoms with Crippen molar-refractivity contribution >= 4 is 11.6 Å². The SMILES string of the molecule is CCCCCc1ccc(C2=Cc3ccc(OC(F)(F)F)c(F)c3CC2)c(F)c1. The van der Waals surface area contributed by atoms with E-state index in [1.165, 1.54) is 12.1 Å². The molecule has 0 saturated carbocycles. The van der Waals surface area contributed by atoms with Gasteiger partial charge >= 0.3 is 6.36 Å². The summed E-state index contributed by atoms with van der Waals surface area (Å²) in [6, 6.07) is 7.47. The number of benzene rings is 2. The molecular formula is C22H21F5O. The van der Waals surface area contributed by atoms with Crippen molar-refractivity contribution in [1.29, 1.82) is 0 Å². The largest absolute Gasteiger partial charge is 0.573 e. The molecule has 28 heavy (non-hydrogen) atoms. The summed E-state index contributed by atoms with van der Waals surface area (Å²) in [6.45, 7) is 2.11. The first-order valence-electron chi connectivity index (χ1n) is 9.35. The molecule has 0 unspecified atom stereocenters. The van der Waals surface area contributed by atoms with E-state index in [1.54, 1.807) is 12.1 Å². The van der Waals surface area contributed by atoms with Crippen molar-refractivity contribution in [3.63, 3.8) is 0 Å². The molecule has 0 spiro atoms. The lowest BCUT2D eigenvalue weighted by atomic mass is 9.87. The Bertz CT molecular complexity index is 883. The van der Waals surface area contributed by atoms with Crippen molar-refractivity contribution in [3.8, 4) is 5.75 Å². The van der Waals surface area contributed by atoms with Crippen LogP contribution in [0.5, 0.6) is 5.75 Å². The highest BCUT2D eigenvalue weighted by Crippen LogP contribution is 2.37. The fraction of sp³-hybridized carbons (Fsp3) is 0.364. The lowest BCUT2D eigenvalue weighted by Gasteiger charge is -2.20. The molecule has 0 fully saturated rings. The van der Waals surface area contributed by atoms with Gasteiger partial charge in [-0.3, -0.25) is 0 Å². The van der Waals surface area contributed by atoms with Crippen LogP contribution in [0.2, 0.25) is 0 Å². The molecule has 2 aromatic carbocycles. The molecule has 0 atom stereocenters. The van der Waals surface area contributed by atoms with Crippen LogP contribution in [-0.2, 0) is 12.8 Å². The summed E-state index contributed by atoms with van der Waals surface area (Å²) in [7, 11) is 0. The Morgan fingerprint density at radius 2 is 1.79 bits per heavy atom. The van der Waals surface area contributed by atoms with E-state index in [4.69, 9.17) is 0 Å².